The van der Waals surface area contributed by atoms with Crippen LogP contribution in [0.15, 0.2) is 35.7 Å². The van der Waals surface area contributed by atoms with Gasteiger partial charge < -0.3 is 18.6 Å². The van der Waals surface area contributed by atoms with Crippen LogP contribution in [0.25, 0.3) is 0 Å². The fourth-order valence-corrected chi connectivity index (χ4v) is 4.22. The Labute approximate surface area is 169 Å². The molecule has 1 aromatic heterocycles. The molecule has 0 radical (unpaired) electrons. The predicted octanol–water partition coefficient (Wildman–Crippen LogP) is 2.92. The van der Waals surface area contributed by atoms with Gasteiger partial charge in [-0.2, -0.15) is 8.42 Å². The van der Waals surface area contributed by atoms with Crippen molar-refractivity contribution >= 4 is 27.4 Å². The lowest BCUT2D eigenvalue weighted by Crippen LogP contribution is -2.36. The zero-order chi connectivity index (χ0) is 20.1. The van der Waals surface area contributed by atoms with Crippen LogP contribution in [0.4, 0.5) is 0 Å². The van der Waals surface area contributed by atoms with Gasteiger partial charge in [-0.25, -0.2) is 0 Å². The second kappa shape index (κ2) is 8.93. The van der Waals surface area contributed by atoms with Gasteiger partial charge in [0.25, 0.3) is 5.91 Å². The molecule has 3 rings (SSSR count). The minimum absolute atomic E-state index is 0.00824. The predicted molar refractivity (Wildman–Crippen MR) is 106 cm³/mol. The molecule has 152 valence electrons. The van der Waals surface area contributed by atoms with E-state index in [1.807, 2.05) is 11.4 Å². The van der Waals surface area contributed by atoms with Gasteiger partial charge in [0.2, 0.25) is 0 Å². The van der Waals surface area contributed by atoms with Crippen LogP contribution in [-0.4, -0.2) is 51.8 Å². The largest absolute Gasteiger partial charge is 0.493 e. The second-order valence-corrected chi connectivity index (χ2v) is 9.09. The van der Waals surface area contributed by atoms with Gasteiger partial charge in [-0.3, -0.25) is 4.79 Å². The Hall–Kier alpha value is -2.10. The smallest absolute Gasteiger partial charge is 0.306 e. The third kappa shape index (κ3) is 5.46. The van der Waals surface area contributed by atoms with Crippen LogP contribution in [0, 0.1) is 0 Å². The molecule has 2 aromatic rings. The van der Waals surface area contributed by atoms with Gasteiger partial charge in [-0.05, 0) is 42.0 Å². The van der Waals surface area contributed by atoms with Crippen LogP contribution in [0.2, 0.25) is 0 Å². The number of carbonyl (C=O) groups is 1. The molecule has 1 aliphatic rings. The quantitative estimate of drug-likeness (QED) is 0.605. The van der Waals surface area contributed by atoms with E-state index < -0.39 is 10.1 Å². The zero-order valence-corrected chi connectivity index (χ0v) is 17.4. The van der Waals surface area contributed by atoms with E-state index in [0.29, 0.717) is 30.3 Å². The molecule has 1 unspecified atom stereocenters. The topological polar surface area (TPSA) is 82.1 Å². The molecule has 1 aromatic carbocycles. The summed E-state index contributed by atoms with van der Waals surface area (Å²) in [6.45, 7) is 1.49. The number of ether oxygens (including phenoxy) is 2. The first-order chi connectivity index (χ1) is 13.4. The first-order valence-corrected chi connectivity index (χ1v) is 11.6. The first-order valence-electron chi connectivity index (χ1n) is 8.86. The van der Waals surface area contributed by atoms with Crippen molar-refractivity contribution in [2.24, 2.45) is 0 Å². The van der Waals surface area contributed by atoms with Gasteiger partial charge in [-0.1, -0.05) is 12.1 Å². The van der Waals surface area contributed by atoms with E-state index in [-0.39, 0.29) is 17.8 Å². The minimum atomic E-state index is -3.70. The summed E-state index contributed by atoms with van der Waals surface area (Å²) in [5.41, 5.74) is 0.738. The van der Waals surface area contributed by atoms with Gasteiger partial charge in [0.05, 0.1) is 24.3 Å². The summed E-state index contributed by atoms with van der Waals surface area (Å²) < 4.78 is 39.0. The summed E-state index contributed by atoms with van der Waals surface area (Å²) in [6.07, 6.45) is 2.89. The standard InChI is InChI=1S/C19H23NO6S2/c1-24-16-8-7-14(11-17(16)26-28(2,22)23)12-20(13-15-5-3-9-25-15)19(21)18-6-4-10-27-18/h4,6-8,10-11,15H,3,5,9,12-13H2,1-2H3. The van der Waals surface area contributed by atoms with Crippen molar-refractivity contribution in [3.63, 3.8) is 0 Å². The van der Waals surface area contributed by atoms with Crippen LogP contribution >= 0.6 is 11.3 Å². The second-order valence-electron chi connectivity index (χ2n) is 6.57. The molecule has 2 heterocycles. The lowest BCUT2D eigenvalue weighted by Gasteiger charge is -2.25. The number of methoxy groups -OCH3 is 1. The maximum atomic E-state index is 13.0. The summed E-state index contributed by atoms with van der Waals surface area (Å²) in [7, 11) is -2.27. The molecule has 28 heavy (non-hydrogen) atoms. The SMILES string of the molecule is COc1ccc(CN(CC2CCCO2)C(=O)c2cccs2)cc1OS(C)(=O)=O. The highest BCUT2D eigenvalue weighted by Gasteiger charge is 2.24. The van der Waals surface area contributed by atoms with Crippen molar-refractivity contribution in [1.29, 1.82) is 0 Å². The average Bonchev–Trinajstić information content (AvgIpc) is 3.33. The molecule has 0 aliphatic carbocycles. The van der Waals surface area contributed by atoms with Gasteiger partial charge >= 0.3 is 10.1 Å². The highest BCUT2D eigenvalue weighted by molar-refractivity contribution is 7.86. The highest BCUT2D eigenvalue weighted by atomic mass is 32.2. The highest BCUT2D eigenvalue weighted by Crippen LogP contribution is 2.30. The zero-order valence-electron chi connectivity index (χ0n) is 15.8. The fraction of sp³-hybridized carbons (Fsp3) is 0.421. The molecule has 1 atom stereocenters. The number of thiophene rings is 1. The molecular formula is C19H23NO6S2. The molecule has 0 spiro atoms. The van der Waals surface area contributed by atoms with E-state index in [4.69, 9.17) is 13.7 Å². The summed E-state index contributed by atoms with van der Waals surface area (Å²) in [6, 6.07) is 8.65. The Kier molecular flexibility index (Phi) is 6.58. The van der Waals surface area contributed by atoms with Crippen molar-refractivity contribution in [2.45, 2.75) is 25.5 Å². The molecule has 0 bridgehead atoms. The van der Waals surface area contributed by atoms with E-state index in [9.17, 15) is 13.2 Å². The molecule has 1 saturated heterocycles. The molecule has 7 nitrogen and oxygen atoms in total. The summed E-state index contributed by atoms with van der Waals surface area (Å²) >= 11 is 1.39. The third-order valence-electron chi connectivity index (χ3n) is 4.31. The minimum Gasteiger partial charge on any atom is -0.493 e. The van der Waals surface area contributed by atoms with Crippen molar-refractivity contribution in [2.75, 3.05) is 26.5 Å². The summed E-state index contributed by atoms with van der Waals surface area (Å²) in [5.74, 6) is 0.333. The Morgan fingerprint density at radius 3 is 2.75 bits per heavy atom. The van der Waals surface area contributed by atoms with Crippen LogP contribution in [0.1, 0.15) is 28.1 Å². The number of carbonyl (C=O) groups excluding carboxylic acids is 1. The van der Waals surface area contributed by atoms with E-state index in [2.05, 4.69) is 0 Å². The molecular weight excluding hydrogens is 402 g/mol. The first kappa shape index (κ1) is 20.6. The number of rotatable bonds is 8. The Balaban J connectivity index is 1.84. The van der Waals surface area contributed by atoms with E-state index in [0.717, 1.165) is 24.7 Å². The normalized spacial score (nSPS) is 16.7. The Bertz CT molecular complexity index is 905. The van der Waals surface area contributed by atoms with Crippen LogP contribution in [0.3, 0.4) is 0 Å². The van der Waals surface area contributed by atoms with E-state index in [1.54, 1.807) is 29.2 Å². The molecule has 0 saturated carbocycles. The van der Waals surface area contributed by atoms with Crippen molar-refractivity contribution in [3.8, 4) is 11.5 Å². The number of hydrogen-bond donors (Lipinski definition) is 0. The monoisotopic (exact) mass is 425 g/mol. The molecule has 9 heteroatoms. The van der Waals surface area contributed by atoms with E-state index in [1.165, 1.54) is 18.4 Å². The van der Waals surface area contributed by atoms with Crippen molar-refractivity contribution < 1.29 is 26.9 Å². The number of amides is 1. The van der Waals surface area contributed by atoms with Crippen LogP contribution in [-0.2, 0) is 21.4 Å². The molecule has 1 amide bonds. The number of nitrogens with zero attached hydrogens (tertiary/aromatic N) is 1. The van der Waals surface area contributed by atoms with Gasteiger partial charge in [0.15, 0.2) is 11.5 Å². The summed E-state index contributed by atoms with van der Waals surface area (Å²) in [4.78, 5) is 15.3. The maximum absolute atomic E-state index is 13.0. The maximum Gasteiger partial charge on any atom is 0.306 e. The van der Waals surface area contributed by atoms with Crippen molar-refractivity contribution in [3.05, 3.63) is 46.2 Å². The van der Waals surface area contributed by atoms with Gasteiger partial charge in [0.1, 0.15) is 0 Å². The van der Waals surface area contributed by atoms with E-state index >= 15 is 0 Å². The van der Waals surface area contributed by atoms with Crippen LogP contribution < -0.4 is 8.92 Å². The molecule has 0 N–H and O–H groups in total. The van der Waals surface area contributed by atoms with Crippen molar-refractivity contribution in [1.82, 2.24) is 4.90 Å². The lowest BCUT2D eigenvalue weighted by molar-refractivity contribution is 0.0511. The average molecular weight is 426 g/mol. The summed E-state index contributed by atoms with van der Waals surface area (Å²) in [5, 5.41) is 1.86. The molecule has 1 aliphatic heterocycles. The lowest BCUT2D eigenvalue weighted by atomic mass is 10.1. The number of benzene rings is 1. The van der Waals surface area contributed by atoms with Gasteiger partial charge in [0, 0.05) is 19.7 Å². The van der Waals surface area contributed by atoms with Crippen LogP contribution in [0.5, 0.6) is 11.5 Å². The fourth-order valence-electron chi connectivity index (χ4n) is 3.08. The Morgan fingerprint density at radius 2 is 2.14 bits per heavy atom. The Morgan fingerprint density at radius 1 is 1.32 bits per heavy atom. The third-order valence-corrected chi connectivity index (χ3v) is 5.65. The number of hydrogen-bond acceptors (Lipinski definition) is 7. The molecule has 1 fully saturated rings. The van der Waals surface area contributed by atoms with Gasteiger partial charge in [-0.15, -0.1) is 11.3 Å².